The molecule has 1 atom stereocenters. The van der Waals surface area contributed by atoms with Gasteiger partial charge < -0.3 is 10.2 Å². The normalized spacial score (nSPS) is 15.2. The van der Waals surface area contributed by atoms with Gasteiger partial charge in [-0.15, -0.1) is 11.3 Å². The maximum atomic E-state index is 13.2. The zero-order valence-electron chi connectivity index (χ0n) is 20.4. The largest absolute Gasteiger partial charge is 0.352 e. The molecule has 5 nitrogen and oxygen atoms in total. The Balaban J connectivity index is 1.32. The summed E-state index contributed by atoms with van der Waals surface area (Å²) in [5.41, 5.74) is 5.35. The second kappa shape index (κ2) is 10.5. The molecule has 0 aliphatic carbocycles. The van der Waals surface area contributed by atoms with Crippen LogP contribution < -0.4 is 5.32 Å². The Hall–Kier alpha value is -2.99. The van der Waals surface area contributed by atoms with E-state index in [-0.39, 0.29) is 23.7 Å². The van der Waals surface area contributed by atoms with Crippen molar-refractivity contribution in [2.45, 2.75) is 47.1 Å². The van der Waals surface area contributed by atoms with Crippen LogP contribution in [-0.2, 0) is 11.3 Å². The number of carbonyl (C=O) groups excluding carboxylic acids is 2. The second-order valence-electron chi connectivity index (χ2n) is 9.42. The molecule has 1 aliphatic rings. The molecule has 1 unspecified atom stereocenters. The van der Waals surface area contributed by atoms with E-state index in [4.69, 9.17) is 0 Å². The standard InChI is InChI=1S/C28H33N3O2S/c1-18-8-10-24(11-9-18)27-30-21(4)25(34-27)28(33)31-14-12-23(13-15-31)20(3)26(32)29-17-22-7-5-6-19(2)16-22/h5-11,16,20,23H,12-15,17H2,1-4H3,(H,29,32). The number of hydrogen-bond donors (Lipinski definition) is 1. The van der Waals surface area contributed by atoms with Gasteiger partial charge in [-0.05, 0) is 45.1 Å². The molecule has 4 rings (SSSR count). The van der Waals surface area contributed by atoms with Crippen molar-refractivity contribution in [1.82, 2.24) is 15.2 Å². The maximum Gasteiger partial charge on any atom is 0.265 e. The Bertz CT molecular complexity index is 1160. The number of piperidine rings is 1. The molecule has 2 amide bonds. The van der Waals surface area contributed by atoms with E-state index in [1.807, 2.05) is 30.9 Å². The molecule has 3 aromatic rings. The van der Waals surface area contributed by atoms with Gasteiger partial charge in [0.1, 0.15) is 9.88 Å². The molecule has 1 saturated heterocycles. The topological polar surface area (TPSA) is 62.3 Å². The zero-order valence-corrected chi connectivity index (χ0v) is 21.2. The first-order valence-corrected chi connectivity index (χ1v) is 12.8. The number of nitrogens with zero attached hydrogens (tertiary/aromatic N) is 2. The van der Waals surface area contributed by atoms with Gasteiger partial charge in [0.05, 0.1) is 5.69 Å². The van der Waals surface area contributed by atoms with Crippen LogP contribution in [-0.4, -0.2) is 34.8 Å². The molecule has 0 radical (unpaired) electrons. The van der Waals surface area contributed by atoms with Crippen molar-refractivity contribution in [3.05, 3.63) is 75.8 Å². The summed E-state index contributed by atoms with van der Waals surface area (Å²) in [6, 6.07) is 16.4. The first-order chi connectivity index (χ1) is 16.3. The first-order valence-electron chi connectivity index (χ1n) is 12.0. The van der Waals surface area contributed by atoms with Crippen molar-refractivity contribution in [2.75, 3.05) is 13.1 Å². The minimum absolute atomic E-state index is 0.0587. The number of amides is 2. The van der Waals surface area contributed by atoms with Gasteiger partial charge in [0.25, 0.3) is 5.91 Å². The number of likely N-dealkylation sites (tertiary alicyclic amines) is 1. The molecule has 1 N–H and O–H groups in total. The molecule has 6 heteroatoms. The third kappa shape index (κ3) is 5.55. The summed E-state index contributed by atoms with van der Waals surface area (Å²) in [6.07, 6.45) is 1.68. The molecule has 1 aromatic heterocycles. The number of thiazole rings is 1. The second-order valence-corrected chi connectivity index (χ2v) is 10.4. The van der Waals surface area contributed by atoms with E-state index in [0.717, 1.165) is 39.5 Å². The third-order valence-electron chi connectivity index (χ3n) is 6.79. The van der Waals surface area contributed by atoms with Crippen molar-refractivity contribution < 1.29 is 9.59 Å². The van der Waals surface area contributed by atoms with Gasteiger partial charge in [-0.2, -0.15) is 0 Å². The Morgan fingerprint density at radius 3 is 2.44 bits per heavy atom. The summed E-state index contributed by atoms with van der Waals surface area (Å²) in [4.78, 5) is 33.3. The summed E-state index contributed by atoms with van der Waals surface area (Å²) in [6.45, 7) is 9.94. The van der Waals surface area contributed by atoms with Gasteiger partial charge in [0, 0.05) is 31.1 Å². The van der Waals surface area contributed by atoms with E-state index < -0.39 is 0 Å². The average Bonchev–Trinajstić information content (AvgIpc) is 3.23. The van der Waals surface area contributed by atoms with Crippen LogP contribution in [0, 0.1) is 32.6 Å². The van der Waals surface area contributed by atoms with E-state index in [2.05, 4.69) is 60.5 Å². The summed E-state index contributed by atoms with van der Waals surface area (Å²) < 4.78 is 0. The number of benzene rings is 2. The number of aryl methyl sites for hydroxylation is 3. The van der Waals surface area contributed by atoms with Gasteiger partial charge in [-0.3, -0.25) is 9.59 Å². The zero-order chi connectivity index (χ0) is 24.2. The lowest BCUT2D eigenvalue weighted by Gasteiger charge is -2.34. The third-order valence-corrected chi connectivity index (χ3v) is 7.98. The van der Waals surface area contributed by atoms with E-state index in [1.54, 1.807) is 0 Å². The molecule has 0 saturated carbocycles. The molecule has 178 valence electrons. The van der Waals surface area contributed by atoms with Crippen molar-refractivity contribution in [3.8, 4) is 10.6 Å². The van der Waals surface area contributed by atoms with Crippen LogP contribution in [0.15, 0.2) is 48.5 Å². The highest BCUT2D eigenvalue weighted by molar-refractivity contribution is 7.17. The van der Waals surface area contributed by atoms with Gasteiger partial charge >= 0.3 is 0 Å². The minimum Gasteiger partial charge on any atom is -0.352 e. The smallest absolute Gasteiger partial charge is 0.265 e. The summed E-state index contributed by atoms with van der Waals surface area (Å²) >= 11 is 1.47. The Morgan fingerprint density at radius 1 is 1.06 bits per heavy atom. The number of rotatable bonds is 6. The fourth-order valence-corrected chi connectivity index (χ4v) is 5.59. The van der Waals surface area contributed by atoms with Crippen LogP contribution in [0.4, 0.5) is 0 Å². The van der Waals surface area contributed by atoms with Crippen LogP contribution in [0.5, 0.6) is 0 Å². The Labute approximate surface area is 206 Å². The van der Waals surface area contributed by atoms with Crippen LogP contribution >= 0.6 is 11.3 Å². The van der Waals surface area contributed by atoms with Crippen molar-refractivity contribution >= 4 is 23.2 Å². The lowest BCUT2D eigenvalue weighted by molar-refractivity contribution is -0.126. The van der Waals surface area contributed by atoms with E-state index in [9.17, 15) is 9.59 Å². The fraction of sp³-hybridized carbons (Fsp3) is 0.393. The molecule has 34 heavy (non-hydrogen) atoms. The molecule has 1 fully saturated rings. The van der Waals surface area contributed by atoms with Gasteiger partial charge in [-0.1, -0.05) is 66.6 Å². The van der Waals surface area contributed by atoms with Gasteiger partial charge in [-0.25, -0.2) is 4.98 Å². The summed E-state index contributed by atoms with van der Waals surface area (Å²) in [5.74, 6) is 0.364. The van der Waals surface area contributed by atoms with Crippen LogP contribution in [0.25, 0.3) is 10.6 Å². The highest BCUT2D eigenvalue weighted by Gasteiger charge is 2.31. The lowest BCUT2D eigenvalue weighted by atomic mass is 9.84. The van der Waals surface area contributed by atoms with E-state index in [0.29, 0.717) is 19.6 Å². The monoisotopic (exact) mass is 475 g/mol. The molecule has 2 aromatic carbocycles. The molecule has 0 spiro atoms. The van der Waals surface area contributed by atoms with Crippen molar-refractivity contribution in [2.24, 2.45) is 11.8 Å². The van der Waals surface area contributed by atoms with Crippen molar-refractivity contribution in [1.29, 1.82) is 0 Å². The van der Waals surface area contributed by atoms with E-state index in [1.165, 1.54) is 22.5 Å². The quantitative estimate of drug-likeness (QED) is 0.509. The number of nitrogens with one attached hydrogen (secondary N) is 1. The average molecular weight is 476 g/mol. The summed E-state index contributed by atoms with van der Waals surface area (Å²) in [5, 5.41) is 3.97. The Morgan fingerprint density at radius 2 is 1.76 bits per heavy atom. The number of aromatic nitrogens is 1. The molecule has 0 bridgehead atoms. The molecular formula is C28H33N3O2S. The fourth-order valence-electron chi connectivity index (χ4n) is 4.55. The predicted molar refractivity (Wildman–Crippen MR) is 138 cm³/mol. The van der Waals surface area contributed by atoms with Crippen LogP contribution in [0.3, 0.4) is 0 Å². The first kappa shape index (κ1) is 24.1. The molecule has 1 aliphatic heterocycles. The van der Waals surface area contributed by atoms with Crippen molar-refractivity contribution in [3.63, 3.8) is 0 Å². The van der Waals surface area contributed by atoms with Crippen LogP contribution in [0.2, 0.25) is 0 Å². The highest BCUT2D eigenvalue weighted by Crippen LogP contribution is 2.31. The highest BCUT2D eigenvalue weighted by atomic mass is 32.1. The molecule has 2 heterocycles. The molecular weight excluding hydrogens is 442 g/mol. The maximum absolute atomic E-state index is 13.2. The Kier molecular flexibility index (Phi) is 7.47. The van der Waals surface area contributed by atoms with Crippen LogP contribution in [0.1, 0.15) is 51.8 Å². The summed E-state index contributed by atoms with van der Waals surface area (Å²) in [7, 11) is 0. The van der Waals surface area contributed by atoms with Gasteiger partial charge in [0.15, 0.2) is 0 Å². The minimum atomic E-state index is -0.0691. The predicted octanol–water partition coefficient (Wildman–Crippen LogP) is 5.54. The van der Waals surface area contributed by atoms with E-state index >= 15 is 0 Å². The lowest BCUT2D eigenvalue weighted by Crippen LogP contribution is -2.42. The SMILES string of the molecule is Cc1ccc(-c2nc(C)c(C(=O)N3CCC(C(C)C(=O)NCc4cccc(C)c4)CC3)s2)cc1. The van der Waals surface area contributed by atoms with Gasteiger partial charge in [0.2, 0.25) is 5.91 Å². The number of carbonyl (C=O) groups is 2. The number of hydrogen-bond acceptors (Lipinski definition) is 4.